The summed E-state index contributed by atoms with van der Waals surface area (Å²) in [6.45, 7) is 0. The van der Waals surface area contributed by atoms with Crippen molar-refractivity contribution in [3.63, 3.8) is 0 Å². The number of carboxylic acids is 2. The van der Waals surface area contributed by atoms with Crippen molar-refractivity contribution in [3.05, 3.63) is 47.5 Å². The zero-order chi connectivity index (χ0) is 12.0. The highest BCUT2D eigenvalue weighted by Crippen LogP contribution is 2.07. The fourth-order valence-corrected chi connectivity index (χ4v) is 1.34. The second kappa shape index (κ2) is 5.70. The molecule has 2 N–H and O–H groups in total. The second-order valence-corrected chi connectivity index (χ2v) is 3.34. The van der Waals surface area contributed by atoms with Gasteiger partial charge in [0.1, 0.15) is 0 Å². The molecule has 0 spiro atoms. The molecule has 1 rings (SSSR count). The van der Waals surface area contributed by atoms with E-state index in [9.17, 15) is 9.59 Å². The molecule has 0 saturated heterocycles. The normalized spacial score (nSPS) is 10.5. The maximum atomic E-state index is 10.5. The minimum atomic E-state index is -0.985. The van der Waals surface area contributed by atoms with Crippen LogP contribution in [0.1, 0.15) is 11.1 Å². The lowest BCUT2D eigenvalue weighted by molar-refractivity contribution is -0.136. The van der Waals surface area contributed by atoms with E-state index < -0.39 is 11.9 Å². The maximum Gasteiger partial charge on any atom is 0.327 e. The Morgan fingerprint density at radius 1 is 1.19 bits per heavy atom. The van der Waals surface area contributed by atoms with Gasteiger partial charge in [-0.3, -0.25) is 4.79 Å². The van der Waals surface area contributed by atoms with Crippen molar-refractivity contribution in [2.24, 2.45) is 0 Å². The minimum absolute atomic E-state index is 0.0174. The summed E-state index contributed by atoms with van der Waals surface area (Å²) >= 11 is 0. The SMILES string of the molecule is O=C(O)C=CCc1cccc(CC(=O)O)c1. The van der Waals surface area contributed by atoms with Gasteiger partial charge >= 0.3 is 11.9 Å². The highest BCUT2D eigenvalue weighted by atomic mass is 16.4. The van der Waals surface area contributed by atoms with E-state index in [2.05, 4.69) is 0 Å². The van der Waals surface area contributed by atoms with E-state index in [0.29, 0.717) is 12.0 Å². The van der Waals surface area contributed by atoms with Crippen molar-refractivity contribution in [2.45, 2.75) is 12.8 Å². The van der Waals surface area contributed by atoms with Gasteiger partial charge in [0.05, 0.1) is 6.42 Å². The molecule has 0 aliphatic carbocycles. The molecule has 0 aromatic heterocycles. The predicted molar refractivity (Wildman–Crippen MR) is 58.3 cm³/mol. The third-order valence-electron chi connectivity index (χ3n) is 1.96. The fourth-order valence-electron chi connectivity index (χ4n) is 1.34. The standard InChI is InChI=1S/C12H12O4/c13-11(14)6-2-4-9-3-1-5-10(7-9)8-12(15)16/h1-3,5-7H,4,8H2,(H,13,14)(H,15,16). The van der Waals surface area contributed by atoms with Crippen molar-refractivity contribution in [2.75, 3.05) is 0 Å². The average molecular weight is 220 g/mol. The third-order valence-corrected chi connectivity index (χ3v) is 1.96. The highest BCUT2D eigenvalue weighted by Gasteiger charge is 2.00. The van der Waals surface area contributed by atoms with Crippen molar-refractivity contribution in [3.8, 4) is 0 Å². The molecule has 0 saturated carbocycles. The molecule has 16 heavy (non-hydrogen) atoms. The first kappa shape index (κ1) is 12.0. The number of benzene rings is 1. The first-order chi connectivity index (χ1) is 7.58. The summed E-state index contributed by atoms with van der Waals surface area (Å²) in [5.41, 5.74) is 1.62. The number of carbonyl (C=O) groups is 2. The smallest absolute Gasteiger partial charge is 0.327 e. The van der Waals surface area contributed by atoms with Crippen molar-refractivity contribution >= 4 is 11.9 Å². The molecule has 0 aliphatic rings. The molecule has 0 bridgehead atoms. The summed E-state index contributed by atoms with van der Waals surface area (Å²) in [7, 11) is 0. The van der Waals surface area contributed by atoms with Crippen LogP contribution >= 0.6 is 0 Å². The van der Waals surface area contributed by atoms with Crippen molar-refractivity contribution in [1.29, 1.82) is 0 Å². The Bertz CT molecular complexity index is 421. The zero-order valence-corrected chi connectivity index (χ0v) is 8.59. The van der Waals surface area contributed by atoms with Gasteiger partial charge in [-0.1, -0.05) is 30.3 Å². The predicted octanol–water partition coefficient (Wildman–Crippen LogP) is 1.50. The monoisotopic (exact) mass is 220 g/mol. The quantitative estimate of drug-likeness (QED) is 0.737. The molecule has 1 aromatic carbocycles. The molecule has 0 aliphatic heterocycles. The molecule has 4 nitrogen and oxygen atoms in total. The Hall–Kier alpha value is -2.10. The summed E-state index contributed by atoms with van der Waals surface area (Å²) in [6.07, 6.45) is 3.07. The molecule has 0 fully saturated rings. The number of carboxylic acid groups (broad SMARTS) is 2. The van der Waals surface area contributed by atoms with E-state index in [1.165, 1.54) is 6.08 Å². The molecular weight excluding hydrogens is 208 g/mol. The Balaban J connectivity index is 2.67. The van der Waals surface area contributed by atoms with Gasteiger partial charge in [-0.05, 0) is 17.5 Å². The summed E-state index contributed by atoms with van der Waals surface area (Å²) in [4.78, 5) is 20.7. The van der Waals surface area contributed by atoms with Gasteiger partial charge < -0.3 is 10.2 Å². The van der Waals surface area contributed by atoms with E-state index in [-0.39, 0.29) is 6.42 Å². The molecule has 0 unspecified atom stereocenters. The summed E-state index contributed by atoms with van der Waals surface area (Å²) in [5.74, 6) is -1.86. The fraction of sp³-hybridized carbons (Fsp3) is 0.167. The van der Waals surface area contributed by atoms with E-state index in [0.717, 1.165) is 11.6 Å². The van der Waals surface area contributed by atoms with Crippen LogP contribution in [0.2, 0.25) is 0 Å². The van der Waals surface area contributed by atoms with Gasteiger partial charge in [-0.2, -0.15) is 0 Å². The maximum absolute atomic E-state index is 10.5. The number of hydrogen-bond donors (Lipinski definition) is 2. The first-order valence-electron chi connectivity index (χ1n) is 4.77. The molecule has 0 amide bonds. The minimum Gasteiger partial charge on any atom is -0.481 e. The van der Waals surface area contributed by atoms with Crippen LogP contribution in [0.25, 0.3) is 0 Å². The van der Waals surface area contributed by atoms with Crippen LogP contribution < -0.4 is 0 Å². The molecule has 0 heterocycles. The van der Waals surface area contributed by atoms with Gasteiger partial charge in [0.2, 0.25) is 0 Å². The third kappa shape index (κ3) is 4.41. The summed E-state index contributed by atoms with van der Waals surface area (Å²) in [6, 6.07) is 7.10. The zero-order valence-electron chi connectivity index (χ0n) is 8.59. The van der Waals surface area contributed by atoms with E-state index in [1.807, 2.05) is 6.07 Å². The molecule has 1 aromatic rings. The van der Waals surface area contributed by atoms with Crippen LogP contribution in [0.3, 0.4) is 0 Å². The lowest BCUT2D eigenvalue weighted by Gasteiger charge is -2.00. The Labute approximate surface area is 92.8 Å². The van der Waals surface area contributed by atoms with Gasteiger partial charge in [0.25, 0.3) is 0 Å². The van der Waals surface area contributed by atoms with Crippen LogP contribution in [0, 0.1) is 0 Å². The van der Waals surface area contributed by atoms with Crippen LogP contribution in [0.4, 0.5) is 0 Å². The highest BCUT2D eigenvalue weighted by molar-refractivity contribution is 5.79. The van der Waals surface area contributed by atoms with Crippen LogP contribution in [-0.2, 0) is 22.4 Å². The Kier molecular flexibility index (Phi) is 4.27. The van der Waals surface area contributed by atoms with E-state index in [4.69, 9.17) is 10.2 Å². The van der Waals surface area contributed by atoms with Crippen LogP contribution in [0.5, 0.6) is 0 Å². The lowest BCUT2D eigenvalue weighted by Crippen LogP contribution is -2.00. The molecule has 84 valence electrons. The Morgan fingerprint density at radius 3 is 2.50 bits per heavy atom. The van der Waals surface area contributed by atoms with Crippen molar-refractivity contribution in [1.82, 2.24) is 0 Å². The Morgan fingerprint density at radius 2 is 1.88 bits per heavy atom. The van der Waals surface area contributed by atoms with Crippen LogP contribution in [-0.4, -0.2) is 22.2 Å². The summed E-state index contributed by atoms with van der Waals surface area (Å²) < 4.78 is 0. The van der Waals surface area contributed by atoms with Gasteiger partial charge in [0, 0.05) is 6.08 Å². The topological polar surface area (TPSA) is 74.6 Å². The largest absolute Gasteiger partial charge is 0.481 e. The van der Waals surface area contributed by atoms with Gasteiger partial charge in [-0.25, -0.2) is 4.79 Å². The molecular formula is C12H12O4. The number of hydrogen-bond acceptors (Lipinski definition) is 2. The van der Waals surface area contributed by atoms with E-state index >= 15 is 0 Å². The van der Waals surface area contributed by atoms with Gasteiger partial charge in [-0.15, -0.1) is 0 Å². The number of aliphatic carboxylic acids is 2. The molecule has 4 heteroatoms. The van der Waals surface area contributed by atoms with Crippen LogP contribution in [0.15, 0.2) is 36.4 Å². The summed E-state index contributed by atoms with van der Waals surface area (Å²) in [5, 5.41) is 17.0. The number of allylic oxidation sites excluding steroid dienone is 1. The average Bonchev–Trinajstić information content (AvgIpc) is 2.16. The second-order valence-electron chi connectivity index (χ2n) is 3.34. The van der Waals surface area contributed by atoms with Crippen molar-refractivity contribution < 1.29 is 19.8 Å². The van der Waals surface area contributed by atoms with E-state index in [1.54, 1.807) is 18.2 Å². The molecule has 0 radical (unpaired) electrons. The first-order valence-corrected chi connectivity index (χ1v) is 4.77. The molecule has 0 atom stereocenters. The lowest BCUT2D eigenvalue weighted by atomic mass is 10.1. The number of rotatable bonds is 5. The van der Waals surface area contributed by atoms with Gasteiger partial charge in [0.15, 0.2) is 0 Å².